The highest BCUT2D eigenvalue weighted by molar-refractivity contribution is 9.10. The molecule has 0 unspecified atom stereocenters. The van der Waals surface area contributed by atoms with Crippen LogP contribution in [-0.2, 0) is 0 Å². The Kier molecular flexibility index (Phi) is 4.49. The molecule has 0 bridgehead atoms. The number of nitrogens with one attached hydrogen (secondary N) is 1. The lowest BCUT2D eigenvalue weighted by molar-refractivity contribution is 0.118. The van der Waals surface area contributed by atoms with Crippen molar-refractivity contribution in [1.82, 2.24) is 20.2 Å². The molecule has 2 heterocycles. The van der Waals surface area contributed by atoms with Gasteiger partial charge >= 0.3 is 6.09 Å². The summed E-state index contributed by atoms with van der Waals surface area (Å²) in [5.74, 6) is 0.294. The third-order valence-electron chi connectivity index (χ3n) is 3.61. The Hall–Kier alpha value is -2.13. The molecule has 8 nitrogen and oxygen atoms in total. The van der Waals surface area contributed by atoms with E-state index in [1.807, 2.05) is 0 Å². The fourth-order valence-electron chi connectivity index (χ4n) is 2.52. The standard InChI is InChI=1S/C14H15BrN4O4/c15-8-3-10-12(13(20)18-7-17-10)11(4-8)23-6-9-5-19(14(21)22)2-1-16-9/h3-4,7,9,16H,1-2,5-6H2,(H,21,22)(H,17,18,20)/t9-/m1/s1. The number of aromatic hydroxyl groups is 1. The monoisotopic (exact) mass is 382 g/mol. The Balaban J connectivity index is 1.78. The summed E-state index contributed by atoms with van der Waals surface area (Å²) in [4.78, 5) is 20.3. The van der Waals surface area contributed by atoms with Crippen LogP contribution in [0.1, 0.15) is 0 Å². The number of hydrogen-bond donors (Lipinski definition) is 3. The average Bonchev–Trinajstić information content (AvgIpc) is 2.52. The number of carboxylic acid groups (broad SMARTS) is 1. The van der Waals surface area contributed by atoms with Gasteiger partial charge in [-0.25, -0.2) is 14.8 Å². The van der Waals surface area contributed by atoms with Crippen LogP contribution in [0.5, 0.6) is 11.6 Å². The van der Waals surface area contributed by atoms with Crippen LogP contribution in [0.3, 0.4) is 0 Å². The van der Waals surface area contributed by atoms with Crippen LogP contribution in [-0.4, -0.2) is 63.5 Å². The summed E-state index contributed by atoms with van der Waals surface area (Å²) in [7, 11) is 0. The van der Waals surface area contributed by atoms with Gasteiger partial charge in [0.05, 0.1) is 11.6 Å². The molecule has 122 valence electrons. The summed E-state index contributed by atoms with van der Waals surface area (Å²) < 4.78 is 6.56. The minimum atomic E-state index is -0.935. The van der Waals surface area contributed by atoms with E-state index in [4.69, 9.17) is 9.84 Å². The largest absolute Gasteiger partial charge is 0.493 e. The molecule has 9 heteroatoms. The molecule has 2 aromatic rings. The van der Waals surface area contributed by atoms with Crippen molar-refractivity contribution in [2.45, 2.75) is 6.04 Å². The van der Waals surface area contributed by atoms with Crippen LogP contribution < -0.4 is 10.1 Å². The molecule has 1 atom stereocenters. The van der Waals surface area contributed by atoms with Gasteiger partial charge in [-0.2, -0.15) is 0 Å². The summed E-state index contributed by atoms with van der Waals surface area (Å²) in [6, 6.07) is 3.36. The van der Waals surface area contributed by atoms with Crippen molar-refractivity contribution in [1.29, 1.82) is 0 Å². The Morgan fingerprint density at radius 3 is 3.09 bits per heavy atom. The maximum absolute atomic E-state index is 11.0. The molecule has 1 aliphatic rings. The SMILES string of the molecule is O=C(O)N1CCN[C@@H](COc2cc(Br)cc3ncnc(O)c23)C1. The van der Waals surface area contributed by atoms with Crippen molar-refractivity contribution in [3.63, 3.8) is 0 Å². The van der Waals surface area contributed by atoms with Crippen molar-refractivity contribution in [2.75, 3.05) is 26.2 Å². The highest BCUT2D eigenvalue weighted by Gasteiger charge is 2.23. The van der Waals surface area contributed by atoms with Crippen LogP contribution in [0, 0.1) is 0 Å². The van der Waals surface area contributed by atoms with E-state index in [2.05, 4.69) is 31.2 Å². The van der Waals surface area contributed by atoms with Gasteiger partial charge in [0.15, 0.2) is 0 Å². The Labute approximate surface area is 140 Å². The second-order valence-electron chi connectivity index (χ2n) is 5.19. The van der Waals surface area contributed by atoms with Gasteiger partial charge in [-0.3, -0.25) is 0 Å². The molecule has 0 aliphatic carbocycles. The summed E-state index contributed by atoms with van der Waals surface area (Å²) in [5, 5.41) is 22.7. The van der Waals surface area contributed by atoms with Gasteiger partial charge in [0.25, 0.3) is 0 Å². The second-order valence-corrected chi connectivity index (χ2v) is 6.10. The molecule has 23 heavy (non-hydrogen) atoms. The number of nitrogens with zero attached hydrogens (tertiary/aromatic N) is 3. The van der Waals surface area contributed by atoms with Crippen molar-refractivity contribution in [3.05, 3.63) is 22.9 Å². The van der Waals surface area contributed by atoms with Crippen molar-refractivity contribution < 1.29 is 19.7 Å². The first kappa shape index (κ1) is 15.8. The second kappa shape index (κ2) is 6.55. The summed E-state index contributed by atoms with van der Waals surface area (Å²) in [6.07, 6.45) is 0.344. The number of amides is 1. The first-order valence-corrected chi connectivity index (χ1v) is 7.81. The molecule has 1 saturated heterocycles. The van der Waals surface area contributed by atoms with Crippen LogP contribution in [0.15, 0.2) is 22.9 Å². The summed E-state index contributed by atoms with van der Waals surface area (Å²) in [5.41, 5.74) is 0.561. The van der Waals surface area contributed by atoms with Gasteiger partial charge in [0.2, 0.25) is 5.88 Å². The fourth-order valence-corrected chi connectivity index (χ4v) is 2.94. The molecular weight excluding hydrogens is 368 g/mol. The van der Waals surface area contributed by atoms with Crippen LogP contribution >= 0.6 is 15.9 Å². The van der Waals surface area contributed by atoms with Gasteiger partial charge in [-0.05, 0) is 12.1 Å². The van der Waals surface area contributed by atoms with Crippen molar-refractivity contribution in [2.24, 2.45) is 0 Å². The molecular formula is C14H15BrN4O4. The van der Waals surface area contributed by atoms with E-state index in [0.29, 0.717) is 36.3 Å². The number of halogens is 1. The minimum Gasteiger partial charge on any atom is -0.493 e. The zero-order valence-electron chi connectivity index (χ0n) is 12.1. The first-order valence-electron chi connectivity index (χ1n) is 7.02. The minimum absolute atomic E-state index is 0.124. The predicted molar refractivity (Wildman–Crippen MR) is 85.8 cm³/mol. The molecule has 1 aliphatic heterocycles. The highest BCUT2D eigenvalue weighted by atomic mass is 79.9. The third-order valence-corrected chi connectivity index (χ3v) is 4.07. The van der Waals surface area contributed by atoms with Crippen molar-refractivity contribution >= 4 is 32.9 Å². The zero-order chi connectivity index (χ0) is 16.4. The molecule has 1 fully saturated rings. The number of aromatic nitrogens is 2. The molecule has 1 amide bonds. The summed E-state index contributed by atoms with van der Waals surface area (Å²) >= 11 is 3.38. The number of benzene rings is 1. The van der Waals surface area contributed by atoms with Crippen molar-refractivity contribution in [3.8, 4) is 11.6 Å². The number of rotatable bonds is 3. The quantitative estimate of drug-likeness (QED) is 0.736. The lowest BCUT2D eigenvalue weighted by Crippen LogP contribution is -2.54. The predicted octanol–water partition coefficient (Wildman–Crippen LogP) is 1.43. The number of hydrogen-bond acceptors (Lipinski definition) is 6. The van der Waals surface area contributed by atoms with E-state index in [-0.39, 0.29) is 18.5 Å². The number of ether oxygens (including phenoxy) is 1. The molecule has 0 spiro atoms. The van der Waals surface area contributed by atoms with Gasteiger partial charge in [-0.15, -0.1) is 0 Å². The lowest BCUT2D eigenvalue weighted by Gasteiger charge is -2.31. The van der Waals surface area contributed by atoms with E-state index < -0.39 is 6.09 Å². The van der Waals surface area contributed by atoms with E-state index in [1.54, 1.807) is 12.1 Å². The molecule has 3 N–H and O–H groups in total. The van der Waals surface area contributed by atoms with Crippen LogP contribution in [0.2, 0.25) is 0 Å². The number of carbonyl (C=O) groups is 1. The van der Waals surface area contributed by atoms with Gasteiger partial charge in [0, 0.05) is 24.1 Å². The fraction of sp³-hybridized carbons (Fsp3) is 0.357. The Morgan fingerprint density at radius 2 is 2.30 bits per heavy atom. The van der Waals surface area contributed by atoms with Crippen LogP contribution in [0.25, 0.3) is 10.9 Å². The Morgan fingerprint density at radius 1 is 1.48 bits per heavy atom. The van der Waals surface area contributed by atoms with Gasteiger partial charge in [-0.1, -0.05) is 15.9 Å². The van der Waals surface area contributed by atoms with E-state index in [9.17, 15) is 9.90 Å². The maximum atomic E-state index is 11.0. The number of fused-ring (bicyclic) bond motifs is 1. The summed E-state index contributed by atoms with van der Waals surface area (Å²) in [6.45, 7) is 1.65. The van der Waals surface area contributed by atoms with Gasteiger partial charge in [0.1, 0.15) is 24.1 Å². The lowest BCUT2D eigenvalue weighted by atomic mass is 10.2. The molecule has 1 aromatic heterocycles. The smallest absolute Gasteiger partial charge is 0.407 e. The Bertz CT molecular complexity index is 742. The van der Waals surface area contributed by atoms with E-state index in [1.165, 1.54) is 11.2 Å². The normalized spacial score (nSPS) is 18.1. The van der Waals surface area contributed by atoms with Gasteiger partial charge < -0.3 is 25.2 Å². The maximum Gasteiger partial charge on any atom is 0.407 e. The molecule has 0 radical (unpaired) electrons. The average molecular weight is 383 g/mol. The zero-order valence-corrected chi connectivity index (χ0v) is 13.7. The molecule has 3 rings (SSSR count). The first-order chi connectivity index (χ1) is 11.0. The van der Waals surface area contributed by atoms with Crippen LogP contribution in [0.4, 0.5) is 4.79 Å². The van der Waals surface area contributed by atoms with E-state index in [0.717, 1.165) is 4.47 Å². The topological polar surface area (TPSA) is 108 Å². The third kappa shape index (κ3) is 3.45. The number of piperazine rings is 1. The molecule has 0 saturated carbocycles. The molecule has 1 aromatic carbocycles. The van der Waals surface area contributed by atoms with E-state index >= 15 is 0 Å². The highest BCUT2D eigenvalue weighted by Crippen LogP contribution is 2.33.